The van der Waals surface area contributed by atoms with Gasteiger partial charge in [-0.25, -0.2) is 14.6 Å². The molecule has 0 fully saturated rings. The maximum Gasteiger partial charge on any atom is 0.251 e. The van der Waals surface area contributed by atoms with Crippen molar-refractivity contribution in [2.24, 2.45) is 0 Å². The Balaban J connectivity index is 1.53. The SMILES string of the molecule is COCc1nc(NCCNC(=O)c2ccc(OC)cc2)c2c(C)nn(-c3ccc(C)cc3)c2n1. The average molecular weight is 461 g/mol. The van der Waals surface area contributed by atoms with E-state index in [9.17, 15) is 4.79 Å². The minimum atomic E-state index is -0.152. The molecule has 0 aliphatic carbocycles. The molecule has 9 heteroatoms. The van der Waals surface area contributed by atoms with Gasteiger partial charge in [0, 0.05) is 25.8 Å². The Labute approximate surface area is 198 Å². The molecule has 2 aromatic heterocycles. The number of fused-ring (bicyclic) bond motifs is 1. The normalized spacial score (nSPS) is 10.9. The van der Waals surface area contributed by atoms with Crippen molar-refractivity contribution in [1.29, 1.82) is 0 Å². The number of hydrogen-bond donors (Lipinski definition) is 2. The van der Waals surface area contributed by atoms with Gasteiger partial charge < -0.3 is 20.1 Å². The number of hydrogen-bond acceptors (Lipinski definition) is 7. The maximum absolute atomic E-state index is 12.4. The quantitative estimate of drug-likeness (QED) is 0.369. The molecule has 176 valence electrons. The molecule has 1 amide bonds. The third kappa shape index (κ3) is 4.99. The Morgan fingerprint density at radius 1 is 0.971 bits per heavy atom. The molecule has 2 aromatic carbocycles. The number of carbonyl (C=O) groups is 1. The summed E-state index contributed by atoms with van der Waals surface area (Å²) in [4.78, 5) is 21.7. The summed E-state index contributed by atoms with van der Waals surface area (Å²) in [7, 11) is 3.20. The van der Waals surface area contributed by atoms with E-state index in [1.54, 1.807) is 38.5 Å². The number of benzene rings is 2. The molecule has 0 saturated heterocycles. The number of rotatable bonds is 9. The highest BCUT2D eigenvalue weighted by atomic mass is 16.5. The van der Waals surface area contributed by atoms with Crippen LogP contribution in [-0.4, -0.2) is 53.0 Å². The highest BCUT2D eigenvalue weighted by Gasteiger charge is 2.17. The van der Waals surface area contributed by atoms with Crippen LogP contribution in [0.2, 0.25) is 0 Å². The lowest BCUT2D eigenvalue weighted by Crippen LogP contribution is -2.29. The molecule has 4 rings (SSSR count). The van der Waals surface area contributed by atoms with E-state index in [1.807, 2.05) is 42.8 Å². The second-order valence-corrected chi connectivity index (χ2v) is 7.86. The van der Waals surface area contributed by atoms with Gasteiger partial charge in [0.25, 0.3) is 5.91 Å². The Morgan fingerprint density at radius 3 is 2.38 bits per heavy atom. The number of nitrogens with one attached hydrogen (secondary N) is 2. The van der Waals surface area contributed by atoms with Gasteiger partial charge in [-0.3, -0.25) is 4.79 Å². The number of methoxy groups -OCH3 is 2. The van der Waals surface area contributed by atoms with Crippen molar-refractivity contribution in [3.05, 3.63) is 71.2 Å². The van der Waals surface area contributed by atoms with Crippen molar-refractivity contribution in [2.75, 3.05) is 32.6 Å². The van der Waals surface area contributed by atoms with Crippen LogP contribution < -0.4 is 15.4 Å². The predicted molar refractivity (Wildman–Crippen MR) is 131 cm³/mol. The zero-order valence-electron chi connectivity index (χ0n) is 19.8. The number of aryl methyl sites for hydroxylation is 2. The Bertz CT molecular complexity index is 1280. The van der Waals surface area contributed by atoms with Gasteiger partial charge in [0.05, 0.1) is 23.9 Å². The van der Waals surface area contributed by atoms with Gasteiger partial charge in [0.15, 0.2) is 11.5 Å². The first-order valence-corrected chi connectivity index (χ1v) is 11.0. The lowest BCUT2D eigenvalue weighted by Gasteiger charge is -2.11. The van der Waals surface area contributed by atoms with Crippen LogP contribution >= 0.6 is 0 Å². The second kappa shape index (κ2) is 10.3. The van der Waals surface area contributed by atoms with E-state index in [0.29, 0.717) is 41.7 Å². The largest absolute Gasteiger partial charge is 0.497 e. The van der Waals surface area contributed by atoms with Crippen LogP contribution in [0.3, 0.4) is 0 Å². The number of anilines is 1. The van der Waals surface area contributed by atoms with Gasteiger partial charge in [-0.15, -0.1) is 0 Å². The lowest BCUT2D eigenvalue weighted by atomic mass is 10.2. The first-order chi connectivity index (χ1) is 16.5. The Kier molecular flexibility index (Phi) is 7.03. The minimum absolute atomic E-state index is 0.152. The summed E-state index contributed by atoms with van der Waals surface area (Å²) < 4.78 is 12.2. The van der Waals surface area contributed by atoms with Crippen molar-refractivity contribution in [3.8, 4) is 11.4 Å². The number of aromatic nitrogens is 4. The first kappa shape index (κ1) is 23.2. The molecule has 34 heavy (non-hydrogen) atoms. The number of carbonyl (C=O) groups excluding carboxylic acids is 1. The van der Waals surface area contributed by atoms with Crippen LogP contribution in [0.25, 0.3) is 16.7 Å². The summed E-state index contributed by atoms with van der Waals surface area (Å²) in [5.41, 5.74) is 4.18. The van der Waals surface area contributed by atoms with E-state index in [-0.39, 0.29) is 12.5 Å². The molecule has 0 radical (unpaired) electrons. The molecule has 4 aromatic rings. The number of ether oxygens (including phenoxy) is 2. The van der Waals surface area contributed by atoms with Gasteiger partial charge in [-0.05, 0) is 50.2 Å². The van der Waals surface area contributed by atoms with Crippen molar-refractivity contribution in [3.63, 3.8) is 0 Å². The standard InChI is InChI=1S/C25H28N6O3/c1-16-5-9-19(10-6-16)31-24-22(17(2)30-31)23(28-21(29-24)15-33-3)26-13-14-27-25(32)18-7-11-20(34-4)12-8-18/h5-12H,13-15H2,1-4H3,(H,27,32)(H,26,28,29). The number of nitrogens with zero attached hydrogens (tertiary/aromatic N) is 4. The van der Waals surface area contributed by atoms with E-state index in [4.69, 9.17) is 19.6 Å². The maximum atomic E-state index is 12.4. The molecule has 0 bridgehead atoms. The van der Waals surface area contributed by atoms with Crippen LogP contribution in [-0.2, 0) is 11.3 Å². The smallest absolute Gasteiger partial charge is 0.251 e. The summed E-state index contributed by atoms with van der Waals surface area (Å²) in [6.07, 6.45) is 0. The van der Waals surface area contributed by atoms with Crippen molar-refractivity contribution < 1.29 is 14.3 Å². The molecule has 0 atom stereocenters. The fraction of sp³-hybridized carbons (Fsp3) is 0.280. The molecule has 9 nitrogen and oxygen atoms in total. The zero-order chi connectivity index (χ0) is 24.1. The van der Waals surface area contributed by atoms with Gasteiger partial charge >= 0.3 is 0 Å². The Hall–Kier alpha value is -3.98. The zero-order valence-corrected chi connectivity index (χ0v) is 19.8. The Morgan fingerprint density at radius 2 is 1.71 bits per heavy atom. The molecule has 2 heterocycles. The monoisotopic (exact) mass is 460 g/mol. The minimum Gasteiger partial charge on any atom is -0.497 e. The van der Waals surface area contributed by atoms with Crippen LogP contribution in [0, 0.1) is 13.8 Å². The molecular formula is C25H28N6O3. The molecule has 2 N–H and O–H groups in total. The van der Waals surface area contributed by atoms with E-state index in [0.717, 1.165) is 16.8 Å². The summed E-state index contributed by atoms with van der Waals surface area (Å²) in [5, 5.41) is 11.8. The van der Waals surface area contributed by atoms with E-state index in [2.05, 4.69) is 15.6 Å². The van der Waals surface area contributed by atoms with Gasteiger partial charge in [-0.2, -0.15) is 5.10 Å². The summed E-state index contributed by atoms with van der Waals surface area (Å²) in [6, 6.07) is 15.1. The molecule has 0 unspecified atom stereocenters. The van der Waals surface area contributed by atoms with Crippen LogP contribution in [0.5, 0.6) is 5.75 Å². The molecular weight excluding hydrogens is 432 g/mol. The van der Waals surface area contributed by atoms with Crippen LogP contribution in [0.1, 0.15) is 27.4 Å². The third-order valence-electron chi connectivity index (χ3n) is 5.36. The first-order valence-electron chi connectivity index (χ1n) is 11.0. The summed E-state index contributed by atoms with van der Waals surface area (Å²) >= 11 is 0. The van der Waals surface area contributed by atoms with Crippen LogP contribution in [0.15, 0.2) is 48.5 Å². The molecule has 0 aliphatic rings. The van der Waals surface area contributed by atoms with Gasteiger partial charge in [-0.1, -0.05) is 17.7 Å². The predicted octanol–water partition coefficient (Wildman–Crippen LogP) is 3.43. The highest BCUT2D eigenvalue weighted by molar-refractivity contribution is 5.94. The third-order valence-corrected chi connectivity index (χ3v) is 5.36. The average Bonchev–Trinajstić information content (AvgIpc) is 3.18. The van der Waals surface area contributed by atoms with E-state index >= 15 is 0 Å². The second-order valence-electron chi connectivity index (χ2n) is 7.86. The van der Waals surface area contributed by atoms with Gasteiger partial charge in [0.2, 0.25) is 0 Å². The fourth-order valence-corrected chi connectivity index (χ4v) is 3.62. The van der Waals surface area contributed by atoms with Gasteiger partial charge in [0.1, 0.15) is 18.2 Å². The van der Waals surface area contributed by atoms with Crippen molar-refractivity contribution in [2.45, 2.75) is 20.5 Å². The molecule has 0 saturated carbocycles. The molecule has 0 spiro atoms. The van der Waals surface area contributed by atoms with Crippen molar-refractivity contribution >= 4 is 22.8 Å². The lowest BCUT2D eigenvalue weighted by molar-refractivity contribution is 0.0955. The number of amides is 1. The highest BCUT2D eigenvalue weighted by Crippen LogP contribution is 2.26. The molecule has 0 aliphatic heterocycles. The fourth-order valence-electron chi connectivity index (χ4n) is 3.62. The van der Waals surface area contributed by atoms with Crippen molar-refractivity contribution in [1.82, 2.24) is 25.1 Å². The van der Waals surface area contributed by atoms with E-state index in [1.165, 1.54) is 5.56 Å². The topological polar surface area (TPSA) is 103 Å². The van der Waals surface area contributed by atoms with Crippen LogP contribution in [0.4, 0.5) is 5.82 Å². The summed E-state index contributed by atoms with van der Waals surface area (Å²) in [6.45, 7) is 5.15. The van der Waals surface area contributed by atoms with E-state index < -0.39 is 0 Å². The summed E-state index contributed by atoms with van der Waals surface area (Å²) in [5.74, 6) is 1.76.